The van der Waals surface area contributed by atoms with Crippen LogP contribution in [-0.4, -0.2) is 42.5 Å². The Morgan fingerprint density at radius 1 is 1.71 bits per heavy atom. The van der Waals surface area contributed by atoms with Crippen molar-refractivity contribution >= 4 is 18.3 Å². The molecule has 17 heavy (non-hydrogen) atoms. The second kappa shape index (κ2) is 7.69. The van der Waals surface area contributed by atoms with Crippen LogP contribution in [0.25, 0.3) is 0 Å². The third-order valence-electron chi connectivity index (χ3n) is 3.34. The number of nitrogens with one attached hydrogen (secondary N) is 1. The fourth-order valence-electron chi connectivity index (χ4n) is 2.35. The highest BCUT2D eigenvalue weighted by atomic mass is 35.5. The lowest BCUT2D eigenvalue weighted by Crippen LogP contribution is -2.46. The highest BCUT2D eigenvalue weighted by Gasteiger charge is 2.33. The van der Waals surface area contributed by atoms with Crippen molar-refractivity contribution in [3.63, 3.8) is 0 Å². The molecule has 0 aromatic rings. The Labute approximate surface area is 110 Å². The molecule has 1 saturated heterocycles. The average Bonchev–Trinajstić information content (AvgIpc) is 2.66. The highest BCUT2D eigenvalue weighted by Crippen LogP contribution is 2.24. The molecule has 100 valence electrons. The Bertz CT molecular complexity index is 260. The first-order chi connectivity index (χ1) is 7.60. The molecule has 0 aliphatic carbocycles. The van der Waals surface area contributed by atoms with Crippen molar-refractivity contribution in [2.24, 2.45) is 11.7 Å². The lowest BCUT2D eigenvalue weighted by Gasteiger charge is -2.27. The van der Waals surface area contributed by atoms with Crippen molar-refractivity contribution in [1.82, 2.24) is 10.2 Å². The molecular weight excluding hydrogens is 238 g/mol. The molecule has 0 bridgehead atoms. The van der Waals surface area contributed by atoms with Gasteiger partial charge in [-0.25, -0.2) is 0 Å². The second-order valence-corrected chi connectivity index (χ2v) is 4.59. The smallest absolute Gasteiger partial charge is 0.237 e. The molecule has 3 N–H and O–H groups in total. The largest absolute Gasteiger partial charge is 0.351 e. The monoisotopic (exact) mass is 261 g/mol. The molecule has 0 saturated carbocycles. The van der Waals surface area contributed by atoms with E-state index in [0.717, 1.165) is 13.0 Å². The lowest BCUT2D eigenvalue weighted by molar-refractivity contribution is -0.125. The number of likely N-dealkylation sites (tertiary alicyclic amines) is 1. The third kappa shape index (κ3) is 4.30. The second-order valence-electron chi connectivity index (χ2n) is 4.59. The van der Waals surface area contributed by atoms with Crippen LogP contribution in [0.2, 0.25) is 0 Å². The molecule has 0 spiro atoms. The summed E-state index contributed by atoms with van der Waals surface area (Å²) in [5.41, 5.74) is 5.67. The van der Waals surface area contributed by atoms with E-state index in [0.29, 0.717) is 25.0 Å². The van der Waals surface area contributed by atoms with Crippen LogP contribution in [0.1, 0.15) is 20.3 Å². The van der Waals surface area contributed by atoms with Gasteiger partial charge >= 0.3 is 0 Å². The highest BCUT2D eigenvalue weighted by molar-refractivity contribution is 5.85. The lowest BCUT2D eigenvalue weighted by atomic mass is 10.1. The molecule has 5 heteroatoms. The summed E-state index contributed by atoms with van der Waals surface area (Å²) >= 11 is 0. The molecule has 1 fully saturated rings. The molecule has 1 rings (SSSR count). The minimum absolute atomic E-state index is 0. The summed E-state index contributed by atoms with van der Waals surface area (Å²) in [6.07, 6.45) is 2.79. The number of hydrogen-bond acceptors (Lipinski definition) is 3. The van der Waals surface area contributed by atoms with Gasteiger partial charge in [0.15, 0.2) is 0 Å². The predicted octanol–water partition coefficient (Wildman–Crippen LogP) is 0.768. The van der Waals surface area contributed by atoms with Crippen molar-refractivity contribution < 1.29 is 4.79 Å². The van der Waals surface area contributed by atoms with E-state index >= 15 is 0 Å². The average molecular weight is 262 g/mol. The number of halogens is 1. The van der Waals surface area contributed by atoms with Crippen molar-refractivity contribution in [3.8, 4) is 0 Å². The zero-order valence-electron chi connectivity index (χ0n) is 10.7. The van der Waals surface area contributed by atoms with Crippen LogP contribution >= 0.6 is 12.4 Å². The number of nitrogens with zero attached hydrogens (tertiary/aromatic N) is 1. The van der Waals surface area contributed by atoms with E-state index in [1.54, 1.807) is 6.08 Å². The van der Waals surface area contributed by atoms with Gasteiger partial charge in [-0.2, -0.15) is 0 Å². The van der Waals surface area contributed by atoms with E-state index in [2.05, 4.69) is 23.7 Å². The molecule has 4 nitrogen and oxygen atoms in total. The zero-order chi connectivity index (χ0) is 12.1. The standard InChI is InChI=1S/C12H23N3O.ClH/c1-4-5-14-12(16)10(3)15-8-11(7-13)6-9(15)2;/h4,9-11H,1,5-8,13H2,2-3H3,(H,14,16);1H. The van der Waals surface area contributed by atoms with Gasteiger partial charge in [0.2, 0.25) is 5.91 Å². The number of hydrogen-bond donors (Lipinski definition) is 2. The van der Waals surface area contributed by atoms with Crippen LogP contribution < -0.4 is 11.1 Å². The van der Waals surface area contributed by atoms with Gasteiger partial charge in [0.05, 0.1) is 6.04 Å². The van der Waals surface area contributed by atoms with Gasteiger partial charge in [0.25, 0.3) is 0 Å². The van der Waals surface area contributed by atoms with Gasteiger partial charge in [0.1, 0.15) is 0 Å². The van der Waals surface area contributed by atoms with E-state index in [1.165, 1.54) is 0 Å². The summed E-state index contributed by atoms with van der Waals surface area (Å²) in [6, 6.07) is 0.365. The van der Waals surface area contributed by atoms with Gasteiger partial charge in [-0.1, -0.05) is 6.08 Å². The Morgan fingerprint density at radius 2 is 2.35 bits per heavy atom. The van der Waals surface area contributed by atoms with Crippen LogP contribution in [0.4, 0.5) is 0 Å². The van der Waals surface area contributed by atoms with Crippen LogP contribution in [0.5, 0.6) is 0 Å². The van der Waals surface area contributed by atoms with Crippen LogP contribution in [0.3, 0.4) is 0 Å². The van der Waals surface area contributed by atoms with Crippen molar-refractivity contribution in [2.45, 2.75) is 32.4 Å². The normalized spacial score (nSPS) is 26.1. The Kier molecular flexibility index (Phi) is 7.43. The molecule has 0 aromatic heterocycles. The molecule has 3 unspecified atom stereocenters. The first-order valence-corrected chi connectivity index (χ1v) is 5.94. The Morgan fingerprint density at radius 3 is 2.82 bits per heavy atom. The first-order valence-electron chi connectivity index (χ1n) is 5.94. The maximum Gasteiger partial charge on any atom is 0.237 e. The maximum absolute atomic E-state index is 11.8. The summed E-state index contributed by atoms with van der Waals surface area (Å²) in [6.45, 7) is 9.87. The summed E-state index contributed by atoms with van der Waals surface area (Å²) in [5.74, 6) is 0.606. The van der Waals surface area contributed by atoms with Crippen LogP contribution in [0, 0.1) is 5.92 Å². The summed E-state index contributed by atoms with van der Waals surface area (Å²) in [4.78, 5) is 14.0. The van der Waals surface area contributed by atoms with Crippen LogP contribution in [-0.2, 0) is 4.79 Å². The molecule has 0 aromatic carbocycles. The third-order valence-corrected chi connectivity index (χ3v) is 3.34. The van der Waals surface area contributed by atoms with Crippen molar-refractivity contribution in [1.29, 1.82) is 0 Å². The summed E-state index contributed by atoms with van der Waals surface area (Å²) in [7, 11) is 0. The summed E-state index contributed by atoms with van der Waals surface area (Å²) in [5, 5.41) is 2.83. The maximum atomic E-state index is 11.8. The van der Waals surface area contributed by atoms with Crippen molar-refractivity contribution in [2.75, 3.05) is 19.6 Å². The Hall–Kier alpha value is -0.580. The SMILES string of the molecule is C=CCNC(=O)C(C)N1CC(CN)CC1C.Cl. The number of carbonyl (C=O) groups is 1. The number of carbonyl (C=O) groups excluding carboxylic acids is 1. The van der Waals surface area contributed by atoms with E-state index in [1.807, 2.05) is 6.92 Å². The van der Waals surface area contributed by atoms with Gasteiger partial charge < -0.3 is 11.1 Å². The fourth-order valence-corrected chi connectivity index (χ4v) is 2.35. The molecule has 1 heterocycles. The molecule has 1 amide bonds. The molecular formula is C12H24ClN3O. The first kappa shape index (κ1) is 16.4. The Balaban J connectivity index is 0.00000256. The molecule has 1 aliphatic heterocycles. The van der Waals surface area contributed by atoms with Crippen LogP contribution in [0.15, 0.2) is 12.7 Å². The van der Waals surface area contributed by atoms with Gasteiger partial charge in [-0.05, 0) is 32.7 Å². The zero-order valence-corrected chi connectivity index (χ0v) is 11.5. The minimum Gasteiger partial charge on any atom is -0.351 e. The predicted molar refractivity (Wildman–Crippen MR) is 73.2 cm³/mol. The molecule has 1 aliphatic rings. The molecule has 3 atom stereocenters. The quantitative estimate of drug-likeness (QED) is 0.719. The minimum atomic E-state index is -0.0773. The topological polar surface area (TPSA) is 58.4 Å². The van der Waals surface area contributed by atoms with E-state index in [-0.39, 0.29) is 24.4 Å². The van der Waals surface area contributed by atoms with Crippen molar-refractivity contribution in [3.05, 3.63) is 12.7 Å². The number of nitrogens with two attached hydrogens (primary N) is 1. The number of rotatable bonds is 5. The van der Waals surface area contributed by atoms with Gasteiger partial charge in [-0.15, -0.1) is 19.0 Å². The van der Waals surface area contributed by atoms with E-state index in [9.17, 15) is 4.79 Å². The fraction of sp³-hybridized carbons (Fsp3) is 0.750. The van der Waals surface area contributed by atoms with Gasteiger partial charge in [-0.3, -0.25) is 9.69 Å². The van der Waals surface area contributed by atoms with E-state index < -0.39 is 0 Å². The van der Waals surface area contributed by atoms with E-state index in [4.69, 9.17) is 5.73 Å². The van der Waals surface area contributed by atoms with Gasteiger partial charge in [0, 0.05) is 19.1 Å². The molecule has 0 radical (unpaired) electrons. The number of amides is 1. The summed E-state index contributed by atoms with van der Waals surface area (Å²) < 4.78 is 0.